The number of halogens is 2. The molecule has 0 heterocycles. The van der Waals surface area contributed by atoms with E-state index in [1.165, 1.54) is 0 Å². The van der Waals surface area contributed by atoms with E-state index in [0.29, 0.717) is 28.6 Å². The van der Waals surface area contributed by atoms with Crippen LogP contribution in [0, 0.1) is 0 Å². The molecule has 0 aromatic heterocycles. The molecule has 0 aliphatic heterocycles. The lowest BCUT2D eigenvalue weighted by molar-refractivity contribution is 0.0979. The number of phenolic OH excluding ortho intramolecular Hbond substituents is 1. The maximum Gasteiger partial charge on any atom is 0.412 e. The molecule has 0 aliphatic rings. The van der Waals surface area contributed by atoms with Crippen LogP contribution < -0.4 is 5.32 Å². The number of aliphatic hydroxyl groups excluding tert-OH is 1. The molecule has 0 radical (unpaired) electrons. The second-order valence-electron chi connectivity index (χ2n) is 5.44. The van der Waals surface area contributed by atoms with Gasteiger partial charge in [0.15, 0.2) is 0 Å². The maximum atomic E-state index is 12.3. The van der Waals surface area contributed by atoms with E-state index in [1.807, 2.05) is 18.4 Å². The number of carbonyl (C=O) groups excluding carboxylic acids is 1. The van der Waals surface area contributed by atoms with E-state index in [2.05, 4.69) is 37.2 Å². The van der Waals surface area contributed by atoms with Gasteiger partial charge in [-0.25, -0.2) is 4.79 Å². The van der Waals surface area contributed by atoms with Crippen LogP contribution >= 0.6 is 43.6 Å². The van der Waals surface area contributed by atoms with Crippen molar-refractivity contribution in [1.29, 1.82) is 0 Å². The summed E-state index contributed by atoms with van der Waals surface area (Å²) in [7, 11) is 0. The summed E-state index contributed by atoms with van der Waals surface area (Å²) in [6.07, 6.45) is 1.47. The van der Waals surface area contributed by atoms with Crippen LogP contribution in [0.15, 0.2) is 50.2 Å². The Balaban J connectivity index is 2.15. The third kappa shape index (κ3) is 5.90. The Morgan fingerprint density at radius 2 is 1.96 bits per heavy atom. The predicted molar refractivity (Wildman–Crippen MR) is 111 cm³/mol. The molecule has 1 amide bonds. The standard InChI is InChI=1S/C18H19Br2NO4S/c1-26-13-6-4-12(5-7-13)21-18(24)25-16(3-2-8-22)14-9-11(19)10-15(20)17(14)23/h4-7,9-10,16,22-23H,2-3,8H2,1H3,(H,21,24)/t16-/m0/s1. The number of aliphatic hydroxyl groups is 1. The molecule has 2 aromatic rings. The van der Waals surface area contributed by atoms with E-state index in [-0.39, 0.29) is 12.4 Å². The number of ether oxygens (including phenoxy) is 1. The van der Waals surface area contributed by atoms with E-state index in [0.717, 1.165) is 9.37 Å². The van der Waals surface area contributed by atoms with Crippen molar-refractivity contribution in [2.24, 2.45) is 0 Å². The molecule has 5 nitrogen and oxygen atoms in total. The summed E-state index contributed by atoms with van der Waals surface area (Å²) in [4.78, 5) is 13.4. The van der Waals surface area contributed by atoms with Crippen LogP contribution in [0.25, 0.3) is 0 Å². The molecule has 0 fully saturated rings. The van der Waals surface area contributed by atoms with Crippen molar-refractivity contribution in [2.45, 2.75) is 23.8 Å². The zero-order valence-corrected chi connectivity index (χ0v) is 18.0. The van der Waals surface area contributed by atoms with Crippen molar-refractivity contribution in [3.05, 3.63) is 50.9 Å². The largest absolute Gasteiger partial charge is 0.506 e. The van der Waals surface area contributed by atoms with Crippen molar-refractivity contribution in [1.82, 2.24) is 0 Å². The molecule has 1 atom stereocenters. The number of hydrogen-bond acceptors (Lipinski definition) is 5. The van der Waals surface area contributed by atoms with Crippen LogP contribution in [0.3, 0.4) is 0 Å². The number of nitrogens with one attached hydrogen (secondary N) is 1. The van der Waals surface area contributed by atoms with E-state index in [9.17, 15) is 9.90 Å². The summed E-state index contributed by atoms with van der Waals surface area (Å²) in [5, 5.41) is 22.1. The van der Waals surface area contributed by atoms with Gasteiger partial charge >= 0.3 is 6.09 Å². The van der Waals surface area contributed by atoms with Crippen LogP contribution in [0.4, 0.5) is 10.5 Å². The zero-order chi connectivity index (χ0) is 19.1. The normalized spacial score (nSPS) is 11.8. The van der Waals surface area contributed by atoms with E-state index in [4.69, 9.17) is 9.84 Å². The molecule has 2 aromatic carbocycles. The van der Waals surface area contributed by atoms with Crippen LogP contribution in [0.2, 0.25) is 0 Å². The molecule has 0 unspecified atom stereocenters. The molecular weight excluding hydrogens is 486 g/mol. The van der Waals surface area contributed by atoms with Gasteiger partial charge in [0, 0.05) is 27.2 Å². The Bertz CT molecular complexity index is 756. The van der Waals surface area contributed by atoms with Crippen LogP contribution in [0.5, 0.6) is 5.75 Å². The lowest BCUT2D eigenvalue weighted by Crippen LogP contribution is -2.18. The lowest BCUT2D eigenvalue weighted by atomic mass is 10.0. The van der Waals surface area contributed by atoms with E-state index in [1.54, 1.807) is 36.0 Å². The Labute approximate surface area is 173 Å². The topological polar surface area (TPSA) is 78.8 Å². The number of aromatic hydroxyl groups is 1. The molecule has 8 heteroatoms. The highest BCUT2D eigenvalue weighted by atomic mass is 79.9. The summed E-state index contributed by atoms with van der Waals surface area (Å²) in [6, 6.07) is 10.8. The Morgan fingerprint density at radius 1 is 1.27 bits per heavy atom. The predicted octanol–water partition coefficient (Wildman–Crippen LogP) is 5.70. The Kier molecular flexibility index (Phi) is 8.27. The average molecular weight is 505 g/mol. The summed E-state index contributed by atoms with van der Waals surface area (Å²) in [5.74, 6) is 0.00765. The fraction of sp³-hybridized carbons (Fsp3) is 0.278. The van der Waals surface area contributed by atoms with Gasteiger partial charge in [-0.3, -0.25) is 5.32 Å². The number of hydrogen-bond donors (Lipinski definition) is 3. The van der Waals surface area contributed by atoms with Gasteiger partial charge in [-0.05, 0) is 71.4 Å². The monoisotopic (exact) mass is 503 g/mol. The summed E-state index contributed by atoms with van der Waals surface area (Å²) >= 11 is 8.26. The zero-order valence-electron chi connectivity index (χ0n) is 14.0. The van der Waals surface area contributed by atoms with Gasteiger partial charge in [0.25, 0.3) is 0 Å². The average Bonchev–Trinajstić information content (AvgIpc) is 2.62. The highest BCUT2D eigenvalue weighted by molar-refractivity contribution is 9.11. The van der Waals surface area contributed by atoms with E-state index < -0.39 is 12.2 Å². The third-order valence-corrected chi connectivity index (χ3v) is 5.42. The fourth-order valence-electron chi connectivity index (χ4n) is 2.34. The highest BCUT2D eigenvalue weighted by Crippen LogP contribution is 2.38. The van der Waals surface area contributed by atoms with Gasteiger partial charge in [0.1, 0.15) is 11.9 Å². The molecule has 0 bridgehead atoms. The number of benzene rings is 2. The summed E-state index contributed by atoms with van der Waals surface area (Å²) in [6.45, 7) is -0.0342. The summed E-state index contributed by atoms with van der Waals surface area (Å²) in [5.41, 5.74) is 1.08. The maximum absolute atomic E-state index is 12.3. The first-order chi connectivity index (χ1) is 12.4. The number of anilines is 1. The lowest BCUT2D eigenvalue weighted by Gasteiger charge is -2.20. The van der Waals surface area contributed by atoms with Crippen LogP contribution in [-0.4, -0.2) is 29.2 Å². The second kappa shape index (κ2) is 10.2. The first kappa shape index (κ1) is 21.1. The van der Waals surface area contributed by atoms with Crippen molar-refractivity contribution in [3.8, 4) is 5.75 Å². The van der Waals surface area contributed by atoms with Gasteiger partial charge in [-0.2, -0.15) is 0 Å². The molecule has 0 saturated heterocycles. The SMILES string of the molecule is CSc1ccc(NC(=O)O[C@@H](CCCO)c2cc(Br)cc(Br)c2O)cc1. The third-order valence-electron chi connectivity index (χ3n) is 3.61. The first-order valence-electron chi connectivity index (χ1n) is 7.85. The minimum atomic E-state index is -0.693. The van der Waals surface area contributed by atoms with Crippen molar-refractivity contribution in [2.75, 3.05) is 18.2 Å². The molecular formula is C18H19Br2NO4S. The van der Waals surface area contributed by atoms with Gasteiger partial charge in [-0.1, -0.05) is 15.9 Å². The van der Waals surface area contributed by atoms with Crippen molar-refractivity contribution < 1.29 is 19.7 Å². The van der Waals surface area contributed by atoms with E-state index >= 15 is 0 Å². The number of amides is 1. The Hall–Kier alpha value is -1.22. The first-order valence-corrected chi connectivity index (χ1v) is 10.7. The Morgan fingerprint density at radius 3 is 2.58 bits per heavy atom. The smallest absolute Gasteiger partial charge is 0.412 e. The van der Waals surface area contributed by atoms with Gasteiger partial charge < -0.3 is 14.9 Å². The molecule has 3 N–H and O–H groups in total. The molecule has 0 spiro atoms. The molecule has 0 aliphatic carbocycles. The number of thioether (sulfide) groups is 1. The molecule has 2 rings (SSSR count). The van der Waals surface area contributed by atoms with Gasteiger partial charge in [0.2, 0.25) is 0 Å². The second-order valence-corrected chi connectivity index (χ2v) is 8.09. The van der Waals surface area contributed by atoms with Crippen LogP contribution in [0.1, 0.15) is 24.5 Å². The van der Waals surface area contributed by atoms with Gasteiger partial charge in [-0.15, -0.1) is 11.8 Å². The van der Waals surface area contributed by atoms with Crippen LogP contribution in [-0.2, 0) is 4.74 Å². The number of rotatable bonds is 7. The van der Waals surface area contributed by atoms with Crippen molar-refractivity contribution in [3.63, 3.8) is 0 Å². The summed E-state index contributed by atoms with van der Waals surface area (Å²) < 4.78 is 6.75. The quantitative estimate of drug-likeness (QED) is 0.421. The van der Waals surface area contributed by atoms with Gasteiger partial charge in [0.05, 0.1) is 4.47 Å². The number of carbonyl (C=O) groups is 1. The minimum Gasteiger partial charge on any atom is -0.506 e. The molecule has 26 heavy (non-hydrogen) atoms. The number of phenols is 1. The highest BCUT2D eigenvalue weighted by Gasteiger charge is 2.22. The fourth-order valence-corrected chi connectivity index (χ4v) is 4.00. The molecule has 140 valence electrons. The molecule has 0 saturated carbocycles. The van der Waals surface area contributed by atoms with Crippen molar-refractivity contribution >= 4 is 55.4 Å². The minimum absolute atomic E-state index is 0.00765.